The Kier molecular flexibility index (Phi) is 19.1. The van der Waals surface area contributed by atoms with Crippen LogP contribution in [0.2, 0.25) is 0 Å². The Hall–Kier alpha value is -12.7. The molecule has 0 unspecified atom stereocenters. The summed E-state index contributed by atoms with van der Waals surface area (Å²) in [5, 5.41) is 6.31. The highest BCUT2D eigenvalue weighted by Crippen LogP contribution is 2.51. The van der Waals surface area contributed by atoms with E-state index in [1.807, 2.05) is 72.8 Å². The lowest BCUT2D eigenvalue weighted by Gasteiger charge is -2.39. The van der Waals surface area contributed by atoms with Gasteiger partial charge in [-0.05, 0) is 240 Å². The van der Waals surface area contributed by atoms with E-state index >= 15 is 0 Å². The first kappa shape index (κ1) is 69.4. The average Bonchev–Trinajstić information content (AvgIpc) is 0.734. The molecule has 0 saturated carbocycles. The van der Waals surface area contributed by atoms with E-state index < -0.39 is 0 Å². The fraction of sp³-hybridized carbons (Fsp3) is 0.152. The number of benzene rings is 11. The van der Waals surface area contributed by atoms with Crippen LogP contribution in [0, 0.1) is 113 Å². The molecule has 3 aliphatic rings. The topological polar surface area (TPSA) is 0 Å². The van der Waals surface area contributed by atoms with E-state index in [0.29, 0.717) is 0 Å². The summed E-state index contributed by atoms with van der Waals surface area (Å²) >= 11 is 0. The minimum Gasteiger partial charge on any atom is -0.143 e. The first-order chi connectivity index (χ1) is 50.6. The van der Waals surface area contributed by atoms with Crippen LogP contribution in [0.5, 0.6) is 0 Å². The standard InChI is InChI=1S/C105H82/c1-68-55-84(47-49-88-96-63-80(39-35-76-27-19-15-20-28-76)43-51-90(96)102(100-72(5)59-86(60-73(100)6)104(9,10)11)91-52-44-81(64-97(88)91)40-36-77-29-21-16-22-30-77)56-69(2)94(68)67-95-70(3)57-85(58-71(95)4)48-50-89-98-65-82(41-37-78-31-23-17-24-32-78)45-53-92(98)103(101-74(7)61-87(62-75(101)8)105(12,13)14)93-54-46-83(66-99(89)93)42-38-79-33-25-18-26-34-79/h15-34,43-46,51-66H,1-14H3. The molecule has 0 spiro atoms. The van der Waals surface area contributed by atoms with E-state index in [0.717, 1.165) is 144 Å². The summed E-state index contributed by atoms with van der Waals surface area (Å²) < 4.78 is 0. The minimum atomic E-state index is -0.0116. The number of allylic oxidation sites excluding steroid dienone is 11. The highest BCUT2D eigenvalue weighted by atomic mass is 14.4. The summed E-state index contributed by atoms with van der Waals surface area (Å²) in [6.07, 6.45) is 11.1. The van der Waals surface area contributed by atoms with Gasteiger partial charge in [0.2, 0.25) is 0 Å². The molecule has 0 bridgehead atoms. The molecule has 0 aromatic heterocycles. The van der Waals surface area contributed by atoms with Crippen molar-refractivity contribution in [2.45, 2.75) is 108 Å². The summed E-state index contributed by atoms with van der Waals surface area (Å²) in [6.45, 7) is 31.5. The normalized spacial score (nSPS) is 13.0. The molecule has 0 aliphatic heterocycles. The quantitative estimate of drug-likeness (QED) is 0.0700. The summed E-state index contributed by atoms with van der Waals surface area (Å²) in [6, 6.07) is 74.7. The summed E-state index contributed by atoms with van der Waals surface area (Å²) in [4.78, 5) is 0. The van der Waals surface area contributed by atoms with E-state index in [-0.39, 0.29) is 10.8 Å². The number of fused-ring (bicyclic) bond motifs is 4. The Morgan fingerprint density at radius 2 is 0.781 bits per heavy atom. The van der Waals surface area contributed by atoms with Gasteiger partial charge in [0, 0.05) is 83.5 Å². The molecule has 502 valence electrons. The molecular formula is C105H82. The molecule has 0 saturated heterocycles. The lowest BCUT2D eigenvalue weighted by Crippen LogP contribution is -2.17. The molecule has 11 aromatic carbocycles. The maximum atomic E-state index is 3.93. The van der Waals surface area contributed by atoms with Crippen molar-refractivity contribution < 1.29 is 0 Å². The molecule has 0 amide bonds. The zero-order valence-electron chi connectivity index (χ0n) is 62.6. The maximum Gasteiger partial charge on any atom is 0.115 e. The third kappa shape index (κ3) is 14.9. The highest BCUT2D eigenvalue weighted by molar-refractivity contribution is 6.18. The molecule has 0 fully saturated rings. The number of aryl methyl sites for hydroxylation is 6. The average molecular weight is 1340 g/mol. The zero-order valence-corrected chi connectivity index (χ0v) is 62.6. The molecule has 14 rings (SSSR count). The van der Waals surface area contributed by atoms with Crippen LogP contribution in [0.1, 0.15) is 161 Å². The smallest absolute Gasteiger partial charge is 0.115 e. The second-order valence-corrected chi connectivity index (χ2v) is 30.1. The van der Waals surface area contributed by atoms with Gasteiger partial charge in [-0.3, -0.25) is 0 Å². The Bertz CT molecular complexity index is 6010. The lowest BCUT2D eigenvalue weighted by atomic mass is 9.69. The predicted octanol–water partition coefficient (Wildman–Crippen LogP) is 22.7. The van der Waals surface area contributed by atoms with E-state index in [9.17, 15) is 0 Å². The van der Waals surface area contributed by atoms with Crippen molar-refractivity contribution in [2.75, 3.05) is 0 Å². The van der Waals surface area contributed by atoms with Gasteiger partial charge in [0.25, 0.3) is 0 Å². The van der Waals surface area contributed by atoms with Crippen LogP contribution >= 0.6 is 0 Å². The molecule has 0 nitrogen and oxygen atoms in total. The second-order valence-electron chi connectivity index (χ2n) is 30.1. The Morgan fingerprint density at radius 1 is 0.352 bits per heavy atom. The van der Waals surface area contributed by atoms with Crippen LogP contribution in [0.3, 0.4) is 0 Å². The van der Waals surface area contributed by atoms with Crippen molar-refractivity contribution in [3.8, 4) is 70.3 Å². The Labute approximate surface area is 622 Å². The van der Waals surface area contributed by atoms with Crippen molar-refractivity contribution in [1.82, 2.24) is 0 Å². The van der Waals surface area contributed by atoms with E-state index in [2.05, 4.69) is 343 Å². The molecule has 105 heavy (non-hydrogen) atoms. The molecule has 0 atom stereocenters. The highest BCUT2D eigenvalue weighted by Gasteiger charge is 2.29. The van der Waals surface area contributed by atoms with Crippen LogP contribution in [-0.2, 0) is 10.8 Å². The van der Waals surface area contributed by atoms with Crippen molar-refractivity contribution in [1.29, 1.82) is 0 Å². The summed E-state index contributed by atoms with van der Waals surface area (Å²) in [7, 11) is 0. The number of hydrogen-bond donors (Lipinski definition) is 0. The largest absolute Gasteiger partial charge is 0.143 e. The minimum absolute atomic E-state index is 0.0116. The van der Waals surface area contributed by atoms with Crippen molar-refractivity contribution in [3.63, 3.8) is 0 Å². The molecule has 0 heterocycles. The van der Waals surface area contributed by atoms with Gasteiger partial charge >= 0.3 is 0 Å². The van der Waals surface area contributed by atoms with Crippen LogP contribution in [-0.4, -0.2) is 0 Å². The van der Waals surface area contributed by atoms with Gasteiger partial charge in [-0.15, -0.1) is 23.6 Å². The summed E-state index contributed by atoms with van der Waals surface area (Å²) in [5.74, 6) is 37.4. The van der Waals surface area contributed by atoms with Crippen molar-refractivity contribution in [2.24, 2.45) is 0 Å². The summed E-state index contributed by atoms with van der Waals surface area (Å²) in [5.41, 5.74) is 42.0. The Morgan fingerprint density at radius 3 is 1.25 bits per heavy atom. The van der Waals surface area contributed by atoms with Gasteiger partial charge in [0.05, 0.1) is 17.4 Å². The lowest BCUT2D eigenvalue weighted by molar-refractivity contribution is 0.589. The van der Waals surface area contributed by atoms with E-state index in [4.69, 9.17) is 0 Å². The fourth-order valence-electron chi connectivity index (χ4n) is 14.7. The van der Waals surface area contributed by atoms with Crippen molar-refractivity contribution >= 4 is 44.2 Å². The van der Waals surface area contributed by atoms with E-state index in [1.165, 1.54) is 55.6 Å². The maximum absolute atomic E-state index is 3.93. The van der Waals surface area contributed by atoms with Gasteiger partial charge < -0.3 is 0 Å². The molecule has 0 heteroatoms. The molecule has 0 radical (unpaired) electrons. The van der Waals surface area contributed by atoms with Crippen molar-refractivity contribution in [3.05, 3.63) is 404 Å². The molecule has 3 aliphatic carbocycles. The van der Waals surface area contributed by atoms with Gasteiger partial charge in [0.15, 0.2) is 0 Å². The second kappa shape index (κ2) is 28.9. The fourth-order valence-corrected chi connectivity index (χ4v) is 14.7. The van der Waals surface area contributed by atoms with Gasteiger partial charge in [-0.25, -0.2) is 0 Å². The zero-order chi connectivity index (χ0) is 73.3. The van der Waals surface area contributed by atoms with Gasteiger partial charge in [-0.2, -0.15) is 0 Å². The number of hydrogen-bond acceptors (Lipinski definition) is 0. The van der Waals surface area contributed by atoms with Gasteiger partial charge in [-0.1, -0.05) is 250 Å². The first-order valence-corrected chi connectivity index (χ1v) is 36.2. The van der Waals surface area contributed by atoms with Crippen LogP contribution in [0.15, 0.2) is 276 Å². The monoisotopic (exact) mass is 1340 g/mol. The third-order valence-electron chi connectivity index (χ3n) is 20.0. The van der Waals surface area contributed by atoms with Crippen LogP contribution < -0.4 is 10.4 Å². The SMILES string of the molecule is CC1=C[C+](C#Cc2c3cc(C#Cc4ccccc4)ccc3c(-c3c(C)cc(C(C)(C)C)cc3C)c3ccc(C#Cc4ccccc4)cc23)C=C(C)C1=C=c1c(C)cc(=C=C=C2c3cc(C#Cc4ccccc4)ccc3C(c3c(C)cc(C(C)(C)C)cc3C)=C3C=CC(C#Cc4ccccc4)=C[C-]23)cc1C. The van der Waals surface area contributed by atoms with Crippen LogP contribution in [0.25, 0.3) is 55.3 Å². The predicted molar refractivity (Wildman–Crippen MR) is 443 cm³/mol. The molecule has 11 aromatic rings. The number of rotatable bonds is 2. The Balaban J connectivity index is 0.912. The van der Waals surface area contributed by atoms with E-state index in [1.54, 1.807) is 0 Å². The molecule has 0 N–H and O–H groups in total. The third-order valence-corrected chi connectivity index (χ3v) is 20.0. The van der Waals surface area contributed by atoms with Gasteiger partial charge in [0.1, 0.15) is 11.5 Å². The molecular weight excluding hydrogens is 1260 g/mol. The first-order valence-electron chi connectivity index (χ1n) is 36.2. The van der Waals surface area contributed by atoms with Crippen LogP contribution in [0.4, 0.5) is 0 Å².